The molecule has 38 heavy (non-hydrogen) atoms. The van der Waals surface area contributed by atoms with Gasteiger partial charge in [-0.1, -0.05) is 10.3 Å². The number of likely N-dealkylation sites (tertiary alicyclic amines) is 2. The summed E-state index contributed by atoms with van der Waals surface area (Å²) in [5.74, 6) is -0.0652. The molecule has 0 bridgehead atoms. The van der Waals surface area contributed by atoms with Crippen molar-refractivity contribution in [2.75, 3.05) is 39.3 Å². The van der Waals surface area contributed by atoms with Gasteiger partial charge in [0.1, 0.15) is 11.6 Å². The van der Waals surface area contributed by atoms with Crippen LogP contribution in [0.1, 0.15) is 48.9 Å². The molecule has 0 unspecified atom stereocenters. The summed E-state index contributed by atoms with van der Waals surface area (Å²) in [6.45, 7) is 4.85. The molecule has 4 heterocycles. The predicted octanol–water partition coefficient (Wildman–Crippen LogP) is 5.51. The summed E-state index contributed by atoms with van der Waals surface area (Å²) >= 11 is 0. The number of halogens is 4. The lowest BCUT2D eigenvalue weighted by molar-refractivity contribution is 0.0564. The second-order valence-corrected chi connectivity index (χ2v) is 10.2. The Bertz CT molecular complexity index is 1250. The summed E-state index contributed by atoms with van der Waals surface area (Å²) in [7, 11) is 0. The van der Waals surface area contributed by atoms with E-state index in [0.29, 0.717) is 24.3 Å². The van der Waals surface area contributed by atoms with Crippen molar-refractivity contribution in [2.24, 2.45) is 0 Å². The highest BCUT2D eigenvalue weighted by atomic mass is 35.5. The third-order valence-electron chi connectivity index (χ3n) is 7.81. The molecule has 0 radical (unpaired) electrons. The number of aliphatic hydroxyl groups is 1. The number of fused-ring (bicyclic) bond motifs is 2. The molecule has 0 spiro atoms. The van der Waals surface area contributed by atoms with E-state index < -0.39 is 6.10 Å². The Labute approximate surface area is 231 Å². The summed E-state index contributed by atoms with van der Waals surface area (Å²) in [5, 5.41) is 21.0. The van der Waals surface area contributed by atoms with Gasteiger partial charge in [-0.3, -0.25) is 0 Å². The molecule has 2 aliphatic heterocycles. The molecule has 0 amide bonds. The van der Waals surface area contributed by atoms with Crippen molar-refractivity contribution in [1.82, 2.24) is 20.1 Å². The van der Waals surface area contributed by atoms with E-state index in [1.54, 1.807) is 12.1 Å². The number of aliphatic hydroxyl groups excluding tert-OH is 1. The fourth-order valence-electron chi connectivity index (χ4n) is 5.88. The first kappa shape index (κ1) is 28.7. The lowest BCUT2D eigenvalue weighted by Gasteiger charge is -2.35. The highest BCUT2D eigenvalue weighted by Crippen LogP contribution is 2.34. The van der Waals surface area contributed by atoms with E-state index in [4.69, 9.17) is 9.05 Å². The van der Waals surface area contributed by atoms with Gasteiger partial charge in [0.2, 0.25) is 0 Å². The molecule has 1 N–H and O–H groups in total. The summed E-state index contributed by atoms with van der Waals surface area (Å²) in [4.78, 5) is 4.63. The van der Waals surface area contributed by atoms with Gasteiger partial charge in [-0.05, 0) is 76.1 Å². The van der Waals surface area contributed by atoms with Crippen LogP contribution in [0.25, 0.3) is 21.9 Å². The molecule has 206 valence electrons. The van der Waals surface area contributed by atoms with Gasteiger partial charge < -0.3 is 24.0 Å². The number of aromatic nitrogens is 2. The van der Waals surface area contributed by atoms with Crippen LogP contribution < -0.4 is 0 Å². The lowest BCUT2D eigenvalue weighted by atomic mass is 9.91. The van der Waals surface area contributed by atoms with Crippen LogP contribution in [0.5, 0.6) is 0 Å². The number of β-amino-alcohol motifs (C(OH)–C–C–N with tert-alkyl or cyclic N) is 1. The maximum absolute atomic E-state index is 13.4. The second-order valence-electron chi connectivity index (χ2n) is 10.2. The van der Waals surface area contributed by atoms with E-state index in [-0.39, 0.29) is 48.3 Å². The zero-order chi connectivity index (χ0) is 24.6. The first-order valence-corrected chi connectivity index (χ1v) is 12.8. The highest BCUT2D eigenvalue weighted by Gasteiger charge is 2.29. The summed E-state index contributed by atoms with van der Waals surface area (Å²) in [6, 6.07) is 9.17. The SMILES string of the molecule is Cl.Cl.OC(CN1CCC(c2noc3cc(F)ccc23)CC1)CN1CCC(c2noc3cc(F)ccc23)CC1. The molecular formula is C27H32Cl2F2N4O3. The molecular weight excluding hydrogens is 537 g/mol. The number of nitrogens with zero attached hydrogens (tertiary/aromatic N) is 4. The molecule has 0 atom stereocenters. The van der Waals surface area contributed by atoms with Crippen LogP contribution in [-0.4, -0.2) is 70.6 Å². The zero-order valence-electron chi connectivity index (χ0n) is 20.9. The van der Waals surface area contributed by atoms with Gasteiger partial charge in [0.15, 0.2) is 11.2 Å². The quantitative estimate of drug-likeness (QED) is 0.328. The average Bonchev–Trinajstić information content (AvgIpc) is 3.48. The monoisotopic (exact) mass is 568 g/mol. The normalized spacial score (nSPS) is 18.2. The van der Waals surface area contributed by atoms with Crippen LogP contribution in [0.3, 0.4) is 0 Å². The number of rotatable bonds is 6. The lowest BCUT2D eigenvalue weighted by Crippen LogP contribution is -2.44. The Morgan fingerprint density at radius 3 is 1.53 bits per heavy atom. The minimum atomic E-state index is -0.412. The van der Waals surface area contributed by atoms with Gasteiger partial charge >= 0.3 is 0 Å². The zero-order valence-corrected chi connectivity index (χ0v) is 22.5. The molecule has 7 nitrogen and oxygen atoms in total. The van der Waals surface area contributed by atoms with E-state index >= 15 is 0 Å². The third kappa shape index (κ3) is 5.97. The van der Waals surface area contributed by atoms with E-state index in [2.05, 4.69) is 20.1 Å². The van der Waals surface area contributed by atoms with Crippen LogP contribution in [-0.2, 0) is 0 Å². The molecule has 2 aromatic carbocycles. The van der Waals surface area contributed by atoms with Crippen molar-refractivity contribution in [1.29, 1.82) is 0 Å². The van der Waals surface area contributed by atoms with Gasteiger partial charge in [0.05, 0.1) is 17.5 Å². The van der Waals surface area contributed by atoms with Crippen molar-refractivity contribution in [3.63, 3.8) is 0 Å². The minimum Gasteiger partial charge on any atom is -0.390 e. The molecule has 2 aliphatic rings. The largest absolute Gasteiger partial charge is 0.390 e. The smallest absolute Gasteiger partial charge is 0.170 e. The Kier molecular flexibility index (Phi) is 9.26. The van der Waals surface area contributed by atoms with Crippen LogP contribution in [0.4, 0.5) is 8.78 Å². The molecule has 4 aromatic rings. The second kappa shape index (κ2) is 12.3. The Hall–Kier alpha value is -2.30. The average molecular weight is 569 g/mol. The molecule has 6 rings (SSSR count). The number of benzene rings is 2. The number of hydrogen-bond acceptors (Lipinski definition) is 7. The molecule has 0 saturated carbocycles. The fraction of sp³-hybridized carbons (Fsp3) is 0.481. The van der Waals surface area contributed by atoms with Crippen LogP contribution in [0.2, 0.25) is 0 Å². The Morgan fingerprint density at radius 2 is 1.13 bits per heavy atom. The summed E-state index contributed by atoms with van der Waals surface area (Å²) in [6.07, 6.45) is 3.34. The summed E-state index contributed by atoms with van der Waals surface area (Å²) in [5.41, 5.74) is 2.82. The Morgan fingerprint density at radius 1 is 0.737 bits per heavy atom. The topological polar surface area (TPSA) is 78.8 Å². The molecule has 2 saturated heterocycles. The predicted molar refractivity (Wildman–Crippen MR) is 145 cm³/mol. The van der Waals surface area contributed by atoms with Crippen molar-refractivity contribution < 1.29 is 22.9 Å². The highest BCUT2D eigenvalue weighted by molar-refractivity contribution is 5.85. The third-order valence-corrected chi connectivity index (χ3v) is 7.81. The number of hydrogen-bond donors (Lipinski definition) is 1. The minimum absolute atomic E-state index is 0. The first-order chi connectivity index (χ1) is 17.5. The number of piperidine rings is 2. The van der Waals surface area contributed by atoms with Crippen molar-refractivity contribution in [3.05, 3.63) is 59.4 Å². The maximum Gasteiger partial charge on any atom is 0.170 e. The first-order valence-electron chi connectivity index (χ1n) is 12.8. The van der Waals surface area contributed by atoms with Crippen LogP contribution >= 0.6 is 24.8 Å². The van der Waals surface area contributed by atoms with E-state index in [1.165, 1.54) is 24.3 Å². The van der Waals surface area contributed by atoms with Gasteiger partial charge in [-0.15, -0.1) is 24.8 Å². The molecule has 11 heteroatoms. The van der Waals surface area contributed by atoms with Crippen LogP contribution in [0.15, 0.2) is 45.4 Å². The van der Waals surface area contributed by atoms with E-state index in [0.717, 1.165) is 74.0 Å². The van der Waals surface area contributed by atoms with Gasteiger partial charge in [-0.25, -0.2) is 8.78 Å². The van der Waals surface area contributed by atoms with E-state index in [9.17, 15) is 13.9 Å². The standard InChI is InChI=1S/C27H30F2N4O3.2ClH/c28-19-1-3-22-24(13-19)35-30-26(22)17-5-9-32(10-6-17)15-21(34)16-33-11-7-18(8-12-33)27-23-4-2-20(29)14-25(23)36-31-27;;/h1-4,13-14,17-18,21,34H,5-12,15-16H2;2*1H. The van der Waals surface area contributed by atoms with Crippen molar-refractivity contribution in [3.8, 4) is 0 Å². The summed E-state index contributed by atoms with van der Waals surface area (Å²) < 4.78 is 37.6. The van der Waals surface area contributed by atoms with Gasteiger partial charge in [0.25, 0.3) is 0 Å². The van der Waals surface area contributed by atoms with Crippen molar-refractivity contribution in [2.45, 2.75) is 43.6 Å². The fourth-order valence-corrected chi connectivity index (χ4v) is 5.88. The molecule has 2 fully saturated rings. The van der Waals surface area contributed by atoms with Gasteiger partial charge in [-0.2, -0.15) is 0 Å². The van der Waals surface area contributed by atoms with Crippen LogP contribution in [0, 0.1) is 11.6 Å². The molecule has 2 aromatic heterocycles. The Balaban J connectivity index is 0.00000168. The van der Waals surface area contributed by atoms with E-state index in [1.807, 2.05) is 0 Å². The maximum atomic E-state index is 13.4. The molecule has 0 aliphatic carbocycles. The van der Waals surface area contributed by atoms with Gasteiger partial charge in [0, 0.05) is 47.8 Å². The van der Waals surface area contributed by atoms with Crippen molar-refractivity contribution >= 4 is 46.8 Å².